The highest BCUT2D eigenvalue weighted by Gasteiger charge is 2.34. The third-order valence-electron chi connectivity index (χ3n) is 3.33. The van der Waals surface area contributed by atoms with Gasteiger partial charge in [-0.25, -0.2) is 0 Å². The molecular weight excluding hydrogens is 323 g/mol. The zero-order valence-electron chi connectivity index (χ0n) is 10.2. The smallest absolute Gasteiger partial charge is 0.352 e. The van der Waals surface area contributed by atoms with Gasteiger partial charge < -0.3 is 5.32 Å². The molecule has 2 nitrogen and oxygen atoms in total. The Hall–Kier alpha value is -1.04. The summed E-state index contributed by atoms with van der Waals surface area (Å²) < 4.78 is 38.1. The van der Waals surface area contributed by atoms with Crippen LogP contribution >= 0.6 is 15.9 Å². The third-order valence-corrected chi connectivity index (χ3v) is 4.03. The number of amides is 1. The van der Waals surface area contributed by atoms with Gasteiger partial charge in [0.05, 0.1) is 5.56 Å². The van der Waals surface area contributed by atoms with E-state index >= 15 is 0 Å². The lowest BCUT2D eigenvalue weighted by molar-refractivity contribution is -0.138. The summed E-state index contributed by atoms with van der Waals surface area (Å²) in [6.45, 7) is 2.61. The van der Waals surface area contributed by atoms with Crippen LogP contribution in [0.3, 0.4) is 0 Å². The van der Waals surface area contributed by atoms with Crippen LogP contribution in [0.25, 0.3) is 0 Å². The summed E-state index contributed by atoms with van der Waals surface area (Å²) >= 11 is 2.84. The summed E-state index contributed by atoms with van der Waals surface area (Å²) in [5.41, 5.74) is -0.802. The van der Waals surface area contributed by atoms with Gasteiger partial charge in [0, 0.05) is 16.6 Å². The number of nitrogens with one attached hydrogen (secondary N) is 1. The van der Waals surface area contributed by atoms with Crippen LogP contribution in [0.15, 0.2) is 22.7 Å². The Bertz CT molecular complexity index is 501. The van der Waals surface area contributed by atoms with E-state index in [1.54, 1.807) is 0 Å². The van der Waals surface area contributed by atoms with Crippen LogP contribution in [0.1, 0.15) is 29.3 Å². The first-order valence-electron chi connectivity index (χ1n) is 5.94. The van der Waals surface area contributed by atoms with Crippen LogP contribution in [-0.2, 0) is 6.18 Å². The van der Waals surface area contributed by atoms with Crippen LogP contribution in [-0.4, -0.2) is 12.5 Å². The van der Waals surface area contributed by atoms with Crippen molar-refractivity contribution < 1.29 is 18.0 Å². The molecule has 0 aliphatic heterocycles. The Labute approximate surface area is 117 Å². The second-order valence-corrected chi connectivity index (χ2v) is 5.73. The molecule has 0 heterocycles. The maximum atomic E-state index is 12.7. The van der Waals surface area contributed by atoms with Crippen molar-refractivity contribution in [3.63, 3.8) is 0 Å². The van der Waals surface area contributed by atoms with Crippen molar-refractivity contribution in [1.82, 2.24) is 5.32 Å². The molecule has 1 amide bonds. The molecule has 1 aromatic rings. The number of alkyl halides is 3. The van der Waals surface area contributed by atoms with Gasteiger partial charge in [0.2, 0.25) is 0 Å². The minimum absolute atomic E-state index is 0.0313. The summed E-state index contributed by atoms with van der Waals surface area (Å²) in [4.78, 5) is 11.8. The third kappa shape index (κ3) is 3.49. The van der Waals surface area contributed by atoms with Crippen molar-refractivity contribution >= 4 is 21.8 Å². The Morgan fingerprint density at radius 2 is 2.11 bits per heavy atom. The van der Waals surface area contributed by atoms with Gasteiger partial charge >= 0.3 is 6.18 Å². The molecule has 2 rings (SSSR count). The van der Waals surface area contributed by atoms with Crippen LogP contribution in [0, 0.1) is 11.8 Å². The average molecular weight is 336 g/mol. The van der Waals surface area contributed by atoms with Gasteiger partial charge in [0.15, 0.2) is 0 Å². The molecule has 1 aliphatic carbocycles. The van der Waals surface area contributed by atoms with Crippen LogP contribution in [0.2, 0.25) is 0 Å². The lowest BCUT2D eigenvalue weighted by Crippen LogP contribution is -2.26. The topological polar surface area (TPSA) is 29.1 Å². The van der Waals surface area contributed by atoms with Crippen molar-refractivity contribution in [2.24, 2.45) is 11.8 Å². The predicted octanol–water partition coefficient (Wildman–Crippen LogP) is 3.85. The highest BCUT2D eigenvalue weighted by atomic mass is 79.9. The normalized spacial score (nSPS) is 22.2. The van der Waals surface area contributed by atoms with E-state index in [0.29, 0.717) is 18.4 Å². The fourth-order valence-electron chi connectivity index (χ4n) is 1.89. The highest BCUT2D eigenvalue weighted by molar-refractivity contribution is 9.10. The molecule has 1 N–H and O–H groups in total. The van der Waals surface area contributed by atoms with Gasteiger partial charge in [-0.05, 0) is 36.5 Å². The predicted molar refractivity (Wildman–Crippen MR) is 68.7 cm³/mol. The van der Waals surface area contributed by atoms with E-state index in [1.807, 2.05) is 0 Å². The summed E-state index contributed by atoms with van der Waals surface area (Å²) in [6.07, 6.45) is -3.41. The van der Waals surface area contributed by atoms with E-state index < -0.39 is 17.6 Å². The van der Waals surface area contributed by atoms with Gasteiger partial charge in [0.25, 0.3) is 5.91 Å². The van der Waals surface area contributed by atoms with E-state index in [2.05, 4.69) is 28.2 Å². The Morgan fingerprint density at radius 3 is 2.63 bits per heavy atom. The number of rotatable bonds is 3. The minimum Gasteiger partial charge on any atom is -0.352 e. The van der Waals surface area contributed by atoms with E-state index in [4.69, 9.17) is 0 Å². The summed E-state index contributed by atoms with van der Waals surface area (Å²) in [5, 5.41) is 2.67. The number of benzene rings is 1. The first-order valence-corrected chi connectivity index (χ1v) is 6.73. The molecule has 0 bridgehead atoms. The molecule has 104 valence electrons. The Balaban J connectivity index is 2.09. The van der Waals surface area contributed by atoms with Crippen LogP contribution < -0.4 is 5.32 Å². The largest absolute Gasteiger partial charge is 0.417 e. The van der Waals surface area contributed by atoms with E-state index in [1.165, 1.54) is 12.1 Å². The lowest BCUT2D eigenvalue weighted by Gasteiger charge is -2.11. The van der Waals surface area contributed by atoms with E-state index in [0.717, 1.165) is 12.5 Å². The van der Waals surface area contributed by atoms with Gasteiger partial charge in [-0.2, -0.15) is 13.2 Å². The van der Waals surface area contributed by atoms with Crippen LogP contribution in [0.5, 0.6) is 0 Å². The number of carbonyl (C=O) groups is 1. The number of hydrogen-bond acceptors (Lipinski definition) is 1. The molecule has 0 saturated heterocycles. The number of halogens is 4. The zero-order chi connectivity index (χ0) is 14.2. The van der Waals surface area contributed by atoms with Crippen molar-refractivity contribution in [3.8, 4) is 0 Å². The van der Waals surface area contributed by atoms with Crippen molar-refractivity contribution in [3.05, 3.63) is 33.8 Å². The molecule has 1 fully saturated rings. The summed E-state index contributed by atoms with van der Waals surface area (Å²) in [7, 11) is 0. The van der Waals surface area contributed by atoms with Crippen molar-refractivity contribution in [2.75, 3.05) is 6.54 Å². The lowest BCUT2D eigenvalue weighted by atomic mass is 10.1. The molecule has 1 aromatic carbocycles. The number of hydrogen-bond donors (Lipinski definition) is 1. The minimum atomic E-state index is -4.47. The first-order chi connectivity index (χ1) is 8.79. The molecule has 0 spiro atoms. The summed E-state index contributed by atoms with van der Waals surface area (Å²) in [6, 6.07) is 3.50. The molecule has 1 aliphatic rings. The maximum Gasteiger partial charge on any atom is 0.417 e. The van der Waals surface area contributed by atoms with Crippen molar-refractivity contribution in [1.29, 1.82) is 0 Å². The average Bonchev–Trinajstić information content (AvgIpc) is 3.01. The zero-order valence-corrected chi connectivity index (χ0v) is 11.8. The fraction of sp³-hybridized carbons (Fsp3) is 0.462. The van der Waals surface area contributed by atoms with E-state index in [-0.39, 0.29) is 10.0 Å². The summed E-state index contributed by atoms with van der Waals surface area (Å²) in [5.74, 6) is 0.592. The second-order valence-electron chi connectivity index (χ2n) is 4.88. The fourth-order valence-corrected chi connectivity index (χ4v) is 2.36. The Kier molecular flexibility index (Phi) is 3.90. The van der Waals surface area contributed by atoms with Gasteiger partial charge in [-0.1, -0.05) is 22.9 Å². The van der Waals surface area contributed by atoms with Gasteiger partial charge in [-0.3, -0.25) is 4.79 Å². The van der Waals surface area contributed by atoms with E-state index in [9.17, 15) is 18.0 Å². The molecule has 0 radical (unpaired) electrons. The van der Waals surface area contributed by atoms with Gasteiger partial charge in [-0.15, -0.1) is 0 Å². The highest BCUT2D eigenvalue weighted by Crippen LogP contribution is 2.37. The monoisotopic (exact) mass is 335 g/mol. The second kappa shape index (κ2) is 5.15. The molecular formula is C13H13BrF3NO. The Morgan fingerprint density at radius 1 is 1.47 bits per heavy atom. The molecule has 1 saturated carbocycles. The molecule has 2 unspecified atom stereocenters. The van der Waals surface area contributed by atoms with Crippen LogP contribution in [0.4, 0.5) is 13.2 Å². The SMILES string of the molecule is CC1CC1CNC(=O)c1ccc(Br)c(C(F)(F)F)c1. The quantitative estimate of drug-likeness (QED) is 0.892. The molecule has 19 heavy (non-hydrogen) atoms. The van der Waals surface area contributed by atoms with Crippen molar-refractivity contribution in [2.45, 2.75) is 19.5 Å². The number of carbonyl (C=O) groups excluding carboxylic acids is 1. The first kappa shape index (κ1) is 14.4. The maximum absolute atomic E-state index is 12.7. The molecule has 0 aromatic heterocycles. The molecule has 2 atom stereocenters. The molecule has 6 heteroatoms. The standard InChI is InChI=1S/C13H13BrF3NO/c1-7-4-9(7)6-18-12(19)8-2-3-11(14)10(5-8)13(15,16)17/h2-3,5,7,9H,4,6H2,1H3,(H,18,19). The van der Waals surface area contributed by atoms with Gasteiger partial charge in [0.1, 0.15) is 0 Å².